The first-order valence-electron chi connectivity index (χ1n) is 12.7. The molecule has 0 aromatic carbocycles. The van der Waals surface area contributed by atoms with Gasteiger partial charge in [0.25, 0.3) is 0 Å². The number of carbonyl (C=O) groups excluding carboxylic acids is 1. The summed E-state index contributed by atoms with van der Waals surface area (Å²) in [5, 5.41) is 10.2. The minimum atomic E-state index is -0.189. The highest BCUT2D eigenvalue weighted by atomic mass is 16.3. The summed E-state index contributed by atoms with van der Waals surface area (Å²) in [5.41, 5.74) is 1.76. The van der Waals surface area contributed by atoms with Crippen LogP contribution in [-0.2, 0) is 4.79 Å². The van der Waals surface area contributed by atoms with Crippen molar-refractivity contribution in [3.63, 3.8) is 0 Å². The van der Waals surface area contributed by atoms with Gasteiger partial charge in [-0.1, -0.05) is 58.9 Å². The number of allylic oxidation sites excluding steroid dienone is 3. The normalized spacial score (nSPS) is 47.1. The van der Waals surface area contributed by atoms with Crippen LogP contribution in [0.5, 0.6) is 0 Å². The molecule has 2 heteroatoms. The lowest BCUT2D eigenvalue weighted by Gasteiger charge is -2.60. The van der Waals surface area contributed by atoms with Crippen LogP contribution in [0.25, 0.3) is 0 Å². The summed E-state index contributed by atoms with van der Waals surface area (Å²) in [6.07, 6.45) is 13.0. The molecule has 0 aliphatic heterocycles. The van der Waals surface area contributed by atoms with Crippen molar-refractivity contribution in [2.75, 3.05) is 0 Å². The molecule has 0 spiro atoms. The molecule has 0 heterocycles. The quantitative estimate of drug-likeness (QED) is 0.529. The number of aliphatic hydroxyl groups is 1. The second-order valence-electron chi connectivity index (χ2n) is 12.2. The number of hydrogen-bond donors (Lipinski definition) is 1. The number of Topliss-reactive ketones (excluding diaryl/α,β-unsaturated/α-hetero) is 1. The van der Waals surface area contributed by atoms with Crippen molar-refractivity contribution in [2.45, 2.75) is 92.1 Å². The molecule has 4 saturated carbocycles. The molecule has 2 nitrogen and oxygen atoms in total. The van der Waals surface area contributed by atoms with Gasteiger partial charge in [0.15, 0.2) is 0 Å². The van der Waals surface area contributed by atoms with Crippen molar-refractivity contribution < 1.29 is 9.90 Å². The van der Waals surface area contributed by atoms with Gasteiger partial charge in [-0.2, -0.15) is 0 Å². The highest BCUT2D eigenvalue weighted by Gasteiger charge is 2.62. The van der Waals surface area contributed by atoms with Gasteiger partial charge in [-0.3, -0.25) is 4.79 Å². The second kappa shape index (κ2) is 7.91. The molecular formula is C28H44O2. The number of fused-ring (bicyclic) bond motifs is 5. The third-order valence-electron chi connectivity index (χ3n) is 10.5. The second-order valence-corrected chi connectivity index (χ2v) is 12.2. The van der Waals surface area contributed by atoms with Crippen LogP contribution >= 0.6 is 0 Å². The lowest BCUT2D eigenvalue weighted by molar-refractivity contribution is -0.160. The average molecular weight is 413 g/mol. The van der Waals surface area contributed by atoms with E-state index in [0.29, 0.717) is 41.3 Å². The molecule has 7 unspecified atom stereocenters. The third kappa shape index (κ3) is 3.46. The van der Waals surface area contributed by atoms with Crippen LogP contribution in [0.2, 0.25) is 0 Å². The number of aliphatic hydroxyl groups excluding tert-OH is 1. The lowest BCUT2D eigenvalue weighted by Crippen LogP contribution is -2.57. The van der Waals surface area contributed by atoms with Gasteiger partial charge < -0.3 is 5.11 Å². The first kappa shape index (κ1) is 22.3. The van der Waals surface area contributed by atoms with Gasteiger partial charge in [0.1, 0.15) is 5.78 Å². The molecule has 9 atom stereocenters. The highest BCUT2D eigenvalue weighted by Crippen LogP contribution is 2.67. The van der Waals surface area contributed by atoms with Crippen molar-refractivity contribution in [1.29, 1.82) is 0 Å². The summed E-state index contributed by atoms with van der Waals surface area (Å²) >= 11 is 0. The highest BCUT2D eigenvalue weighted by molar-refractivity contribution is 5.83. The number of ketones is 1. The molecule has 30 heavy (non-hydrogen) atoms. The van der Waals surface area contributed by atoms with E-state index in [9.17, 15) is 9.90 Å². The fourth-order valence-corrected chi connectivity index (χ4v) is 8.42. The average Bonchev–Trinajstić information content (AvgIpc) is 3.04. The summed E-state index contributed by atoms with van der Waals surface area (Å²) in [6, 6.07) is 0. The van der Waals surface area contributed by atoms with E-state index in [1.807, 2.05) is 0 Å². The first-order chi connectivity index (χ1) is 14.1. The molecule has 4 fully saturated rings. The maximum Gasteiger partial charge on any atom is 0.136 e. The number of carbonyl (C=O) groups is 1. The zero-order valence-corrected chi connectivity index (χ0v) is 20.0. The standard InChI is InChI=1S/C28H44O2/c1-17(2)18(3)7-8-19(4)22-9-10-23-26-24(12-14-28(22,23)6)27(5)13-11-21(29)15-20(27)16-25(26)30/h7-8,17,19-24,26,29H,3,9-16H2,1-2,4-6H3/b8-7+/t19?,20-,21?,22?,23?,24?,26?,27?,28-/m1/s1. The van der Waals surface area contributed by atoms with E-state index >= 15 is 0 Å². The SMILES string of the molecule is C=C(/C=C/C(C)C1CCC2C3C(=O)C[C@H]4CC(O)CCC4(C)C3CC[C@]12C)C(C)C. The fraction of sp³-hybridized carbons (Fsp3) is 0.821. The molecule has 0 aromatic heterocycles. The van der Waals surface area contributed by atoms with Crippen LogP contribution in [-0.4, -0.2) is 17.0 Å². The Bertz CT molecular complexity index is 720. The minimum Gasteiger partial charge on any atom is -0.393 e. The van der Waals surface area contributed by atoms with Crippen molar-refractivity contribution in [2.24, 2.45) is 52.3 Å². The van der Waals surface area contributed by atoms with Crippen molar-refractivity contribution in [3.8, 4) is 0 Å². The molecule has 4 rings (SSSR count). The Morgan fingerprint density at radius 1 is 1.07 bits per heavy atom. The van der Waals surface area contributed by atoms with Gasteiger partial charge in [-0.15, -0.1) is 0 Å². The van der Waals surface area contributed by atoms with E-state index in [1.54, 1.807) is 0 Å². The summed E-state index contributed by atoms with van der Waals surface area (Å²) < 4.78 is 0. The Morgan fingerprint density at radius 2 is 1.73 bits per heavy atom. The molecule has 0 bridgehead atoms. The van der Waals surface area contributed by atoms with E-state index < -0.39 is 0 Å². The van der Waals surface area contributed by atoms with Crippen LogP contribution in [0, 0.1) is 52.3 Å². The van der Waals surface area contributed by atoms with E-state index in [-0.39, 0.29) is 22.9 Å². The van der Waals surface area contributed by atoms with E-state index in [0.717, 1.165) is 25.7 Å². The smallest absolute Gasteiger partial charge is 0.136 e. The van der Waals surface area contributed by atoms with Gasteiger partial charge in [-0.25, -0.2) is 0 Å². The van der Waals surface area contributed by atoms with E-state index in [4.69, 9.17) is 0 Å². The number of rotatable bonds is 4. The van der Waals surface area contributed by atoms with Crippen molar-refractivity contribution in [1.82, 2.24) is 0 Å². The summed E-state index contributed by atoms with van der Waals surface area (Å²) in [7, 11) is 0. The summed E-state index contributed by atoms with van der Waals surface area (Å²) in [5.74, 6) is 4.02. The Hall–Kier alpha value is -0.890. The molecule has 1 N–H and O–H groups in total. The van der Waals surface area contributed by atoms with Crippen molar-refractivity contribution in [3.05, 3.63) is 24.3 Å². The third-order valence-corrected chi connectivity index (χ3v) is 10.5. The van der Waals surface area contributed by atoms with Gasteiger partial charge in [-0.05, 0) is 91.3 Å². The molecule has 0 amide bonds. The minimum absolute atomic E-state index is 0.189. The van der Waals surface area contributed by atoms with Gasteiger partial charge in [0.05, 0.1) is 6.10 Å². The maximum atomic E-state index is 13.5. The Kier molecular flexibility index (Phi) is 5.88. The largest absolute Gasteiger partial charge is 0.393 e. The number of hydrogen-bond acceptors (Lipinski definition) is 2. The Labute approximate surface area is 184 Å². The van der Waals surface area contributed by atoms with Crippen molar-refractivity contribution >= 4 is 5.78 Å². The van der Waals surface area contributed by atoms with Gasteiger partial charge in [0, 0.05) is 12.3 Å². The van der Waals surface area contributed by atoms with Gasteiger partial charge in [0.2, 0.25) is 0 Å². The molecular weight excluding hydrogens is 368 g/mol. The Balaban J connectivity index is 1.56. The molecule has 0 saturated heterocycles. The monoisotopic (exact) mass is 412 g/mol. The maximum absolute atomic E-state index is 13.5. The topological polar surface area (TPSA) is 37.3 Å². The van der Waals surface area contributed by atoms with E-state index in [2.05, 4.69) is 53.3 Å². The molecule has 4 aliphatic carbocycles. The van der Waals surface area contributed by atoms with Crippen LogP contribution in [0.4, 0.5) is 0 Å². The lowest BCUT2D eigenvalue weighted by atomic mass is 9.44. The molecule has 0 radical (unpaired) electrons. The predicted octanol–water partition coefficient (Wildman–Crippen LogP) is 6.59. The molecule has 168 valence electrons. The molecule has 4 aliphatic rings. The van der Waals surface area contributed by atoms with Crippen LogP contribution in [0.3, 0.4) is 0 Å². The first-order valence-corrected chi connectivity index (χ1v) is 12.7. The molecule has 0 aromatic rings. The zero-order chi connectivity index (χ0) is 21.8. The van der Waals surface area contributed by atoms with E-state index in [1.165, 1.54) is 31.3 Å². The Morgan fingerprint density at radius 3 is 2.43 bits per heavy atom. The van der Waals surface area contributed by atoms with Gasteiger partial charge >= 0.3 is 0 Å². The van der Waals surface area contributed by atoms with Crippen LogP contribution in [0.1, 0.15) is 86.0 Å². The van der Waals surface area contributed by atoms with Crippen LogP contribution in [0.15, 0.2) is 24.3 Å². The summed E-state index contributed by atoms with van der Waals surface area (Å²) in [4.78, 5) is 13.5. The summed E-state index contributed by atoms with van der Waals surface area (Å²) in [6.45, 7) is 16.0. The zero-order valence-electron chi connectivity index (χ0n) is 20.0. The fourth-order valence-electron chi connectivity index (χ4n) is 8.42. The van der Waals surface area contributed by atoms with Crippen LogP contribution < -0.4 is 0 Å². The predicted molar refractivity (Wildman–Crippen MR) is 124 cm³/mol.